The molecule has 4 nitrogen and oxygen atoms in total. The number of rotatable bonds is 20. The molecule has 0 radical (unpaired) electrons. The first-order chi connectivity index (χ1) is 14.5. The molecule has 0 bridgehead atoms. The lowest BCUT2D eigenvalue weighted by Crippen LogP contribution is -2.78. The zero-order valence-electron chi connectivity index (χ0n) is 22.5. The van der Waals surface area contributed by atoms with Crippen LogP contribution in [0.4, 0.5) is 0 Å². The summed E-state index contributed by atoms with van der Waals surface area (Å²) in [5, 5.41) is 0. The van der Waals surface area contributed by atoms with E-state index in [0.29, 0.717) is 6.04 Å². The molecule has 1 atom stereocenters. The lowest BCUT2D eigenvalue weighted by atomic mass is 9.93. The van der Waals surface area contributed by atoms with Crippen molar-refractivity contribution in [1.82, 2.24) is 19.6 Å². The van der Waals surface area contributed by atoms with Crippen molar-refractivity contribution in [2.24, 2.45) is 0 Å². The first kappa shape index (κ1) is 29.8. The van der Waals surface area contributed by atoms with E-state index in [4.69, 9.17) is 0 Å². The zero-order chi connectivity index (χ0) is 23.0. The van der Waals surface area contributed by atoms with Crippen LogP contribution in [0.25, 0.3) is 0 Å². The average molecular weight is 427 g/mol. The van der Waals surface area contributed by atoms with Gasteiger partial charge in [0.05, 0.1) is 6.04 Å². The van der Waals surface area contributed by atoms with E-state index in [0.717, 1.165) is 52.4 Å². The maximum absolute atomic E-state index is 2.77. The second-order valence-corrected chi connectivity index (χ2v) is 8.50. The predicted octanol–water partition coefficient (Wildman–Crippen LogP) is 6.13. The van der Waals surface area contributed by atoms with Crippen molar-refractivity contribution in [3.63, 3.8) is 0 Å². The number of unbranched alkanes of at least 4 members (excludes halogenated alkanes) is 5. The highest BCUT2D eigenvalue weighted by Gasteiger charge is 2.51. The third kappa shape index (κ3) is 7.46. The van der Waals surface area contributed by atoms with Gasteiger partial charge in [-0.3, -0.25) is 19.6 Å². The van der Waals surface area contributed by atoms with Crippen LogP contribution in [0.2, 0.25) is 0 Å². The summed E-state index contributed by atoms with van der Waals surface area (Å²) < 4.78 is 0. The van der Waals surface area contributed by atoms with Crippen molar-refractivity contribution in [3.05, 3.63) is 0 Å². The monoisotopic (exact) mass is 426 g/mol. The van der Waals surface area contributed by atoms with Gasteiger partial charge in [-0.2, -0.15) is 0 Å². The fraction of sp³-hybridized carbons (Fsp3) is 1.00. The number of likely N-dealkylation sites (N-methyl/N-ethyl adjacent to an activating group) is 4. The smallest absolute Gasteiger partial charge is 0.147 e. The fourth-order valence-corrected chi connectivity index (χ4v) is 5.70. The highest BCUT2D eigenvalue weighted by Crippen LogP contribution is 2.35. The van der Waals surface area contributed by atoms with Crippen molar-refractivity contribution < 1.29 is 0 Å². The molecule has 0 aromatic carbocycles. The molecule has 0 fully saturated rings. The number of nitrogens with zero attached hydrogens (tertiary/aromatic N) is 4. The molecule has 0 spiro atoms. The SMILES string of the molecule is CCCCCCCCC(N(CC)CC)C(N(CC)CC)(N(CC)CC)N(CC)CC. The standard InChI is InChI=1S/C26H58N4/c1-10-19-20-21-22-23-24-25(27(11-2)12-3)26(28(13-4)14-5,29(15-6)16-7)30(17-8)18-9/h25H,10-24H2,1-9H3. The van der Waals surface area contributed by atoms with Crippen molar-refractivity contribution in [3.8, 4) is 0 Å². The Kier molecular flexibility index (Phi) is 17.3. The minimum atomic E-state index is -0.0358. The minimum absolute atomic E-state index is 0.0358. The van der Waals surface area contributed by atoms with Crippen molar-refractivity contribution >= 4 is 0 Å². The molecule has 0 aliphatic rings. The molecule has 0 amide bonds. The minimum Gasteiger partial charge on any atom is -0.296 e. The Morgan fingerprint density at radius 2 is 0.833 bits per heavy atom. The molecular formula is C26H58N4. The van der Waals surface area contributed by atoms with Gasteiger partial charge in [0.25, 0.3) is 0 Å². The zero-order valence-corrected chi connectivity index (χ0v) is 22.5. The first-order valence-electron chi connectivity index (χ1n) is 13.5. The van der Waals surface area contributed by atoms with Gasteiger partial charge in [-0.15, -0.1) is 0 Å². The topological polar surface area (TPSA) is 13.0 Å². The van der Waals surface area contributed by atoms with Gasteiger partial charge in [0.2, 0.25) is 0 Å². The van der Waals surface area contributed by atoms with E-state index in [9.17, 15) is 0 Å². The summed E-state index contributed by atoms with van der Waals surface area (Å²) in [6.45, 7) is 30.0. The Hall–Kier alpha value is -0.160. The van der Waals surface area contributed by atoms with Crippen LogP contribution in [0.1, 0.15) is 107 Å². The lowest BCUT2D eigenvalue weighted by Gasteiger charge is -2.61. The molecule has 0 saturated heterocycles. The highest BCUT2D eigenvalue weighted by atomic mass is 15.6. The summed E-state index contributed by atoms with van der Waals surface area (Å²) >= 11 is 0. The van der Waals surface area contributed by atoms with Gasteiger partial charge in [-0.05, 0) is 58.8 Å². The first-order valence-corrected chi connectivity index (χ1v) is 13.5. The van der Waals surface area contributed by atoms with Gasteiger partial charge in [0.1, 0.15) is 5.79 Å². The van der Waals surface area contributed by atoms with Crippen molar-refractivity contribution in [1.29, 1.82) is 0 Å². The van der Waals surface area contributed by atoms with Crippen LogP contribution < -0.4 is 0 Å². The van der Waals surface area contributed by atoms with E-state index >= 15 is 0 Å². The van der Waals surface area contributed by atoms with E-state index < -0.39 is 0 Å². The molecule has 182 valence electrons. The van der Waals surface area contributed by atoms with Gasteiger partial charge in [0.15, 0.2) is 0 Å². The maximum Gasteiger partial charge on any atom is 0.147 e. The summed E-state index contributed by atoms with van der Waals surface area (Å²) in [6.07, 6.45) is 9.53. The van der Waals surface area contributed by atoms with Crippen LogP contribution >= 0.6 is 0 Å². The van der Waals surface area contributed by atoms with E-state index in [1.54, 1.807) is 0 Å². The predicted molar refractivity (Wildman–Crippen MR) is 136 cm³/mol. The Morgan fingerprint density at radius 3 is 1.17 bits per heavy atom. The molecule has 0 heterocycles. The Morgan fingerprint density at radius 1 is 0.467 bits per heavy atom. The maximum atomic E-state index is 2.77. The van der Waals surface area contributed by atoms with Crippen molar-refractivity contribution in [2.75, 3.05) is 52.4 Å². The quantitative estimate of drug-likeness (QED) is 0.171. The van der Waals surface area contributed by atoms with Crippen LogP contribution in [-0.4, -0.2) is 83.8 Å². The number of hydrogen-bond donors (Lipinski definition) is 0. The fourth-order valence-electron chi connectivity index (χ4n) is 5.70. The van der Waals surface area contributed by atoms with Gasteiger partial charge in [-0.1, -0.05) is 101 Å². The molecule has 0 aromatic heterocycles. The largest absolute Gasteiger partial charge is 0.296 e. The molecule has 0 aliphatic heterocycles. The Bertz CT molecular complexity index is 340. The molecule has 0 saturated carbocycles. The molecule has 30 heavy (non-hydrogen) atoms. The van der Waals surface area contributed by atoms with Crippen LogP contribution in [0.5, 0.6) is 0 Å². The van der Waals surface area contributed by atoms with Crippen LogP contribution in [0, 0.1) is 0 Å². The van der Waals surface area contributed by atoms with Gasteiger partial charge in [-0.25, -0.2) is 0 Å². The summed E-state index contributed by atoms with van der Waals surface area (Å²) in [5.74, 6) is -0.0358. The summed E-state index contributed by atoms with van der Waals surface area (Å²) in [7, 11) is 0. The highest BCUT2D eigenvalue weighted by molar-refractivity contribution is 5.00. The molecule has 0 rings (SSSR count). The molecule has 0 aliphatic carbocycles. The molecule has 4 heteroatoms. The van der Waals surface area contributed by atoms with E-state index in [1.165, 1.54) is 44.9 Å². The molecule has 1 unspecified atom stereocenters. The summed E-state index contributed by atoms with van der Waals surface area (Å²) in [6, 6.07) is 0.526. The average Bonchev–Trinajstić information content (AvgIpc) is 2.77. The summed E-state index contributed by atoms with van der Waals surface area (Å²) in [4.78, 5) is 11.1. The Labute approximate surface area is 191 Å². The van der Waals surface area contributed by atoms with Crippen LogP contribution in [-0.2, 0) is 0 Å². The third-order valence-electron chi connectivity index (χ3n) is 7.22. The van der Waals surface area contributed by atoms with Gasteiger partial charge < -0.3 is 0 Å². The van der Waals surface area contributed by atoms with E-state index in [-0.39, 0.29) is 5.79 Å². The molecule has 0 N–H and O–H groups in total. The molecule has 0 aromatic rings. The second kappa shape index (κ2) is 17.4. The van der Waals surface area contributed by atoms with Crippen LogP contribution in [0.15, 0.2) is 0 Å². The number of hydrogen-bond acceptors (Lipinski definition) is 4. The second-order valence-electron chi connectivity index (χ2n) is 8.50. The molecular weight excluding hydrogens is 368 g/mol. The summed E-state index contributed by atoms with van der Waals surface area (Å²) in [5.41, 5.74) is 0. The third-order valence-corrected chi connectivity index (χ3v) is 7.22. The normalized spacial score (nSPS) is 13.9. The van der Waals surface area contributed by atoms with E-state index in [2.05, 4.69) is 81.9 Å². The van der Waals surface area contributed by atoms with Gasteiger partial charge >= 0.3 is 0 Å². The van der Waals surface area contributed by atoms with Crippen molar-refractivity contribution in [2.45, 2.75) is 119 Å². The lowest BCUT2D eigenvalue weighted by molar-refractivity contribution is -0.206. The Balaban J connectivity index is 6.25. The van der Waals surface area contributed by atoms with Gasteiger partial charge in [0, 0.05) is 0 Å². The van der Waals surface area contributed by atoms with Crippen LogP contribution in [0.3, 0.4) is 0 Å². The van der Waals surface area contributed by atoms with E-state index in [1.807, 2.05) is 0 Å².